The summed E-state index contributed by atoms with van der Waals surface area (Å²) >= 11 is 1.61. The van der Waals surface area contributed by atoms with E-state index in [1.54, 1.807) is 17.4 Å². The summed E-state index contributed by atoms with van der Waals surface area (Å²) < 4.78 is 0. The maximum atomic E-state index is 12.8. The lowest BCUT2D eigenvalue weighted by atomic mass is 9.84. The number of nitrogens with two attached hydrogens (primary N) is 1. The Hall–Kier alpha value is -2.44. The van der Waals surface area contributed by atoms with E-state index < -0.39 is 6.04 Å². The average molecular weight is 452 g/mol. The first-order chi connectivity index (χ1) is 15.6. The van der Waals surface area contributed by atoms with Gasteiger partial charge in [-0.1, -0.05) is 68.5 Å². The standard InChI is InChI=1S/C26H33N3O2S/c27-24(16-23-11-6-14-32-23)26(31)28-22(15-19-7-2-1-3-8-19)12-13-25(30)29-17-20-9-4-5-10-21(20)18-29/h4-6,9-14,19,22,24H,1-3,7-8,15-18,27H2,(H,28,31)/b13-12+/t22-,24+/m1/s1. The third kappa shape index (κ3) is 6.08. The molecule has 0 saturated heterocycles. The second kappa shape index (κ2) is 10.9. The van der Waals surface area contributed by atoms with Gasteiger partial charge in [-0.2, -0.15) is 0 Å². The maximum Gasteiger partial charge on any atom is 0.246 e. The number of carbonyl (C=O) groups is 2. The molecular weight excluding hydrogens is 418 g/mol. The molecule has 5 nitrogen and oxygen atoms in total. The van der Waals surface area contributed by atoms with E-state index in [2.05, 4.69) is 17.4 Å². The van der Waals surface area contributed by atoms with E-state index in [4.69, 9.17) is 5.73 Å². The first-order valence-corrected chi connectivity index (χ1v) is 12.6. The van der Waals surface area contributed by atoms with Crippen LogP contribution in [0.2, 0.25) is 0 Å². The van der Waals surface area contributed by atoms with Gasteiger partial charge in [0.15, 0.2) is 0 Å². The molecule has 2 atom stereocenters. The molecule has 2 amide bonds. The van der Waals surface area contributed by atoms with Crippen molar-refractivity contribution in [3.8, 4) is 0 Å². The fraction of sp³-hybridized carbons (Fsp3) is 0.462. The maximum absolute atomic E-state index is 12.8. The van der Waals surface area contributed by atoms with Gasteiger partial charge in [-0.05, 0) is 34.9 Å². The van der Waals surface area contributed by atoms with Crippen molar-refractivity contribution >= 4 is 23.2 Å². The summed E-state index contributed by atoms with van der Waals surface area (Å²) in [5.41, 5.74) is 8.61. The van der Waals surface area contributed by atoms with Crippen molar-refractivity contribution in [1.82, 2.24) is 10.2 Å². The molecule has 1 aliphatic carbocycles. The summed E-state index contributed by atoms with van der Waals surface area (Å²) in [5, 5.41) is 5.12. The van der Waals surface area contributed by atoms with E-state index in [1.165, 1.54) is 43.2 Å². The normalized spacial score (nSPS) is 18.5. The highest BCUT2D eigenvalue weighted by molar-refractivity contribution is 7.09. The molecule has 0 unspecified atom stereocenters. The molecule has 2 aromatic rings. The van der Waals surface area contributed by atoms with Gasteiger partial charge in [-0.3, -0.25) is 9.59 Å². The lowest BCUT2D eigenvalue weighted by Crippen LogP contribution is -2.46. The van der Waals surface area contributed by atoms with Crippen LogP contribution in [0.25, 0.3) is 0 Å². The second-order valence-electron chi connectivity index (χ2n) is 9.07. The van der Waals surface area contributed by atoms with Crippen molar-refractivity contribution in [2.24, 2.45) is 11.7 Å². The van der Waals surface area contributed by atoms with Crippen LogP contribution in [0.15, 0.2) is 53.9 Å². The number of thiophene rings is 1. The Balaban J connectivity index is 1.38. The van der Waals surface area contributed by atoms with E-state index in [9.17, 15) is 9.59 Å². The predicted molar refractivity (Wildman–Crippen MR) is 129 cm³/mol. The van der Waals surface area contributed by atoms with Crippen LogP contribution in [0.5, 0.6) is 0 Å². The lowest BCUT2D eigenvalue weighted by Gasteiger charge is -2.26. The van der Waals surface area contributed by atoms with Crippen molar-refractivity contribution in [2.45, 2.75) is 70.1 Å². The molecule has 32 heavy (non-hydrogen) atoms. The van der Waals surface area contributed by atoms with Crippen LogP contribution in [-0.4, -0.2) is 28.8 Å². The average Bonchev–Trinajstić information content (AvgIpc) is 3.47. The van der Waals surface area contributed by atoms with Crippen LogP contribution >= 0.6 is 11.3 Å². The minimum absolute atomic E-state index is 0.00743. The third-order valence-electron chi connectivity index (χ3n) is 6.60. The number of hydrogen-bond donors (Lipinski definition) is 2. The largest absolute Gasteiger partial charge is 0.349 e. The molecule has 0 radical (unpaired) electrons. The number of nitrogens with one attached hydrogen (secondary N) is 1. The minimum Gasteiger partial charge on any atom is -0.349 e. The van der Waals surface area contributed by atoms with Crippen molar-refractivity contribution in [1.29, 1.82) is 0 Å². The summed E-state index contributed by atoms with van der Waals surface area (Å²) in [7, 11) is 0. The molecule has 2 heterocycles. The zero-order valence-corrected chi connectivity index (χ0v) is 19.4. The van der Waals surface area contributed by atoms with Crippen LogP contribution in [-0.2, 0) is 29.1 Å². The number of carbonyl (C=O) groups excluding carboxylic acids is 2. The number of hydrogen-bond acceptors (Lipinski definition) is 4. The van der Waals surface area contributed by atoms with Crippen molar-refractivity contribution in [3.63, 3.8) is 0 Å². The Morgan fingerprint density at radius 1 is 1.09 bits per heavy atom. The van der Waals surface area contributed by atoms with Crippen LogP contribution in [0.4, 0.5) is 0 Å². The molecule has 0 spiro atoms. The third-order valence-corrected chi connectivity index (χ3v) is 7.50. The van der Waals surface area contributed by atoms with Crippen LogP contribution < -0.4 is 11.1 Å². The molecule has 2 aliphatic rings. The number of rotatable bonds is 8. The summed E-state index contributed by atoms with van der Waals surface area (Å²) in [4.78, 5) is 28.6. The highest BCUT2D eigenvalue weighted by Gasteiger charge is 2.24. The van der Waals surface area contributed by atoms with Gasteiger partial charge in [-0.25, -0.2) is 0 Å². The summed E-state index contributed by atoms with van der Waals surface area (Å²) in [6, 6.07) is 11.4. The van der Waals surface area contributed by atoms with Crippen LogP contribution in [0.1, 0.15) is 54.5 Å². The van der Waals surface area contributed by atoms with Gasteiger partial charge < -0.3 is 16.0 Å². The number of benzene rings is 1. The Morgan fingerprint density at radius 2 is 1.81 bits per heavy atom. The Bertz CT molecular complexity index is 909. The summed E-state index contributed by atoms with van der Waals surface area (Å²) in [6.07, 6.45) is 11.1. The predicted octanol–water partition coefficient (Wildman–Crippen LogP) is 4.17. The van der Waals surface area contributed by atoms with Crippen molar-refractivity contribution in [3.05, 3.63) is 69.9 Å². The lowest BCUT2D eigenvalue weighted by molar-refractivity contribution is -0.127. The fourth-order valence-corrected chi connectivity index (χ4v) is 5.55. The highest BCUT2D eigenvalue weighted by Crippen LogP contribution is 2.28. The monoisotopic (exact) mass is 451 g/mol. The van der Waals surface area contributed by atoms with Crippen molar-refractivity contribution < 1.29 is 9.59 Å². The fourth-order valence-electron chi connectivity index (χ4n) is 4.79. The van der Waals surface area contributed by atoms with Gasteiger partial charge >= 0.3 is 0 Å². The van der Waals surface area contributed by atoms with E-state index in [0.717, 1.165) is 11.3 Å². The van der Waals surface area contributed by atoms with Gasteiger partial charge in [0.25, 0.3) is 0 Å². The Morgan fingerprint density at radius 3 is 2.47 bits per heavy atom. The van der Waals surface area contributed by atoms with Gasteiger partial charge in [0.1, 0.15) is 0 Å². The minimum atomic E-state index is -0.584. The molecular formula is C26H33N3O2S. The molecule has 3 N–H and O–H groups in total. The topological polar surface area (TPSA) is 75.4 Å². The quantitative estimate of drug-likeness (QED) is 0.592. The van der Waals surface area contributed by atoms with Crippen molar-refractivity contribution in [2.75, 3.05) is 0 Å². The van der Waals surface area contributed by atoms with E-state index in [0.29, 0.717) is 25.4 Å². The molecule has 4 rings (SSSR count). The van der Waals surface area contributed by atoms with Gasteiger partial charge in [0.05, 0.1) is 6.04 Å². The zero-order valence-electron chi connectivity index (χ0n) is 18.5. The van der Waals surface area contributed by atoms with Crippen LogP contribution in [0, 0.1) is 5.92 Å². The molecule has 1 fully saturated rings. The van der Waals surface area contributed by atoms with Gasteiger partial charge in [0.2, 0.25) is 11.8 Å². The molecule has 1 aliphatic heterocycles. The Labute approximate surface area is 194 Å². The molecule has 6 heteroatoms. The van der Waals surface area contributed by atoms with E-state index >= 15 is 0 Å². The number of nitrogens with zero attached hydrogens (tertiary/aromatic N) is 1. The van der Waals surface area contributed by atoms with Gasteiger partial charge in [0, 0.05) is 36.5 Å². The first kappa shape index (κ1) is 22.7. The van der Waals surface area contributed by atoms with Gasteiger partial charge in [-0.15, -0.1) is 11.3 Å². The Kier molecular flexibility index (Phi) is 7.76. The summed E-state index contributed by atoms with van der Waals surface area (Å²) in [5.74, 6) is 0.426. The van der Waals surface area contributed by atoms with Crippen LogP contribution in [0.3, 0.4) is 0 Å². The zero-order chi connectivity index (χ0) is 22.3. The first-order valence-electron chi connectivity index (χ1n) is 11.7. The smallest absolute Gasteiger partial charge is 0.246 e. The number of fused-ring (bicyclic) bond motifs is 1. The van der Waals surface area contributed by atoms with E-state index in [1.807, 2.05) is 40.6 Å². The SMILES string of the molecule is N[C@@H](Cc1cccs1)C(=O)N[C@H](/C=C/C(=O)N1Cc2ccccc2C1)CC1CCCCC1. The molecule has 0 bridgehead atoms. The second-order valence-corrected chi connectivity index (χ2v) is 10.1. The highest BCUT2D eigenvalue weighted by atomic mass is 32.1. The molecule has 170 valence electrons. The molecule has 1 aromatic heterocycles. The molecule has 1 aromatic carbocycles. The molecule has 1 saturated carbocycles. The number of amides is 2. The summed E-state index contributed by atoms with van der Waals surface area (Å²) in [6.45, 7) is 1.29. The van der Waals surface area contributed by atoms with E-state index in [-0.39, 0.29) is 17.9 Å².